The van der Waals surface area contributed by atoms with Crippen molar-refractivity contribution < 1.29 is 33.0 Å². The number of carbonyl (C=O) groups is 2. The molecule has 0 amide bonds. The second-order valence-corrected chi connectivity index (χ2v) is 10.7. The zero-order chi connectivity index (χ0) is 29.5. The first kappa shape index (κ1) is 29.0. The summed E-state index contributed by atoms with van der Waals surface area (Å²) >= 11 is 0. The molecule has 8 heteroatoms. The lowest BCUT2D eigenvalue weighted by Crippen LogP contribution is -2.24. The predicted molar refractivity (Wildman–Crippen MR) is 155 cm³/mol. The molecule has 0 bridgehead atoms. The number of benzene rings is 3. The summed E-state index contributed by atoms with van der Waals surface area (Å²) in [5.74, 6) is 0.610. The Morgan fingerprint density at radius 1 is 0.952 bits per heavy atom. The number of carboxylic acids is 1. The van der Waals surface area contributed by atoms with E-state index in [1.807, 2.05) is 54.6 Å². The van der Waals surface area contributed by atoms with Crippen molar-refractivity contribution in [2.75, 3.05) is 13.2 Å². The van der Waals surface area contributed by atoms with Gasteiger partial charge in [-0.3, -0.25) is 9.59 Å². The molecule has 1 saturated carbocycles. The quantitative estimate of drug-likeness (QED) is 0.169. The van der Waals surface area contributed by atoms with E-state index in [-0.39, 0.29) is 31.0 Å². The van der Waals surface area contributed by atoms with E-state index in [0.29, 0.717) is 36.8 Å². The Morgan fingerprint density at radius 3 is 2.29 bits per heavy atom. The maximum atomic E-state index is 13.0. The highest BCUT2D eigenvalue weighted by molar-refractivity contribution is 5.94. The summed E-state index contributed by atoms with van der Waals surface area (Å²) in [6.45, 7) is 2.64. The number of rotatable bonds is 15. The van der Waals surface area contributed by atoms with Crippen molar-refractivity contribution in [1.82, 2.24) is 4.98 Å². The third-order valence-corrected chi connectivity index (χ3v) is 7.65. The summed E-state index contributed by atoms with van der Waals surface area (Å²) in [4.78, 5) is 29.7. The van der Waals surface area contributed by atoms with E-state index in [1.54, 1.807) is 0 Å². The molecule has 1 unspecified atom stereocenters. The van der Waals surface area contributed by atoms with Crippen LogP contribution in [-0.4, -0.2) is 35.1 Å². The van der Waals surface area contributed by atoms with Gasteiger partial charge in [-0.15, -0.1) is 0 Å². The van der Waals surface area contributed by atoms with Gasteiger partial charge in [0, 0.05) is 30.7 Å². The van der Waals surface area contributed by atoms with Crippen LogP contribution in [0.3, 0.4) is 0 Å². The van der Waals surface area contributed by atoms with Gasteiger partial charge in [0.1, 0.15) is 28.9 Å². The van der Waals surface area contributed by atoms with Crippen molar-refractivity contribution in [2.45, 2.75) is 45.4 Å². The van der Waals surface area contributed by atoms with Crippen molar-refractivity contribution in [3.8, 4) is 23.0 Å². The number of carboxylic acid groups (broad SMARTS) is 1. The molecule has 1 heterocycles. The van der Waals surface area contributed by atoms with Crippen molar-refractivity contribution in [3.05, 3.63) is 102 Å². The van der Waals surface area contributed by atoms with E-state index in [9.17, 15) is 19.1 Å². The summed E-state index contributed by atoms with van der Waals surface area (Å²) in [7, 11) is 0. The van der Waals surface area contributed by atoms with Gasteiger partial charge in [0.15, 0.2) is 0 Å². The number of Topliss-reactive ketones (excluding diaryl/α,β-unsaturated/α-hetero) is 1. The van der Waals surface area contributed by atoms with Gasteiger partial charge in [-0.2, -0.15) is 0 Å². The SMILES string of the molecule is CCCc1oc(-c2ccccc2)nc1CCOc1ccc(C[C@@]2(C(=O)O)CC2C(=O)CCOc2ccc(F)cc2)cc1. The normalized spacial score (nSPS) is 17.5. The number of ketones is 1. The molecule has 5 rings (SSSR count). The molecule has 1 aromatic heterocycles. The van der Waals surface area contributed by atoms with Crippen LogP contribution < -0.4 is 9.47 Å². The van der Waals surface area contributed by atoms with Gasteiger partial charge in [0.25, 0.3) is 0 Å². The minimum Gasteiger partial charge on any atom is -0.493 e. The van der Waals surface area contributed by atoms with E-state index in [1.165, 1.54) is 24.3 Å². The lowest BCUT2D eigenvalue weighted by Gasteiger charge is -2.13. The summed E-state index contributed by atoms with van der Waals surface area (Å²) in [5, 5.41) is 9.97. The largest absolute Gasteiger partial charge is 0.493 e. The number of ether oxygens (including phenoxy) is 2. The number of oxazole rings is 1. The lowest BCUT2D eigenvalue weighted by atomic mass is 9.92. The van der Waals surface area contributed by atoms with Gasteiger partial charge in [-0.05, 0) is 73.4 Å². The maximum Gasteiger partial charge on any atom is 0.310 e. The summed E-state index contributed by atoms with van der Waals surface area (Å²) in [5.41, 5.74) is 1.56. The molecule has 0 radical (unpaired) electrons. The standard InChI is InChI=1S/C34H34FNO6/c1-2-6-31-29(36-32(42-31)24-7-4-3-5-8-24)17-19-40-26-13-9-23(10-14-26)21-34(33(38)39)22-28(34)30(37)18-20-41-27-15-11-25(35)12-16-27/h3-5,7-16,28H,2,6,17-22H2,1H3,(H,38,39)/t28?,34-/m1/s1. The fourth-order valence-electron chi connectivity index (χ4n) is 5.25. The molecule has 1 aliphatic carbocycles. The fourth-order valence-corrected chi connectivity index (χ4v) is 5.25. The van der Waals surface area contributed by atoms with Crippen LogP contribution in [0, 0.1) is 17.2 Å². The average molecular weight is 572 g/mol. The van der Waals surface area contributed by atoms with E-state index < -0.39 is 17.3 Å². The molecule has 0 aliphatic heterocycles. The third-order valence-electron chi connectivity index (χ3n) is 7.65. The number of nitrogens with zero attached hydrogens (tertiary/aromatic N) is 1. The number of hydrogen-bond acceptors (Lipinski definition) is 6. The minimum atomic E-state index is -1.10. The Morgan fingerprint density at radius 2 is 1.62 bits per heavy atom. The van der Waals surface area contributed by atoms with Crippen LogP contribution in [0.5, 0.6) is 11.5 Å². The van der Waals surface area contributed by atoms with Crippen molar-refractivity contribution in [3.63, 3.8) is 0 Å². The average Bonchev–Trinajstić information content (AvgIpc) is 3.60. The number of carbonyl (C=O) groups excluding carboxylic acids is 1. The molecule has 42 heavy (non-hydrogen) atoms. The number of aryl methyl sites for hydroxylation is 1. The number of aliphatic carboxylic acids is 1. The molecule has 1 N–H and O–H groups in total. The highest BCUT2D eigenvalue weighted by atomic mass is 19.1. The molecule has 7 nitrogen and oxygen atoms in total. The Labute approximate surface area is 244 Å². The highest BCUT2D eigenvalue weighted by Crippen LogP contribution is 2.56. The van der Waals surface area contributed by atoms with Crippen molar-refractivity contribution >= 4 is 11.8 Å². The summed E-state index contributed by atoms with van der Waals surface area (Å²) < 4.78 is 30.6. The number of aromatic nitrogens is 1. The molecule has 218 valence electrons. The Bertz CT molecular complexity index is 1500. The van der Waals surface area contributed by atoms with Crippen LogP contribution in [0.4, 0.5) is 4.39 Å². The molecular weight excluding hydrogens is 537 g/mol. The second kappa shape index (κ2) is 13.0. The Kier molecular flexibility index (Phi) is 9.00. The third kappa shape index (κ3) is 6.87. The first-order chi connectivity index (χ1) is 20.4. The zero-order valence-corrected chi connectivity index (χ0v) is 23.6. The molecule has 4 aromatic rings. The molecular formula is C34H34FNO6. The topological polar surface area (TPSA) is 98.9 Å². The summed E-state index contributed by atoms with van der Waals surface area (Å²) in [6.07, 6.45) is 3.03. The fraction of sp³-hybridized carbons (Fsp3) is 0.324. The first-order valence-corrected chi connectivity index (χ1v) is 14.3. The van der Waals surface area contributed by atoms with Crippen LogP contribution in [0.2, 0.25) is 0 Å². The second-order valence-electron chi connectivity index (χ2n) is 10.7. The van der Waals surface area contributed by atoms with Gasteiger partial charge in [0.2, 0.25) is 5.89 Å². The van der Waals surface area contributed by atoms with Gasteiger partial charge in [-0.1, -0.05) is 37.3 Å². The molecule has 1 fully saturated rings. The molecule has 0 saturated heterocycles. The molecule has 0 spiro atoms. The van der Waals surface area contributed by atoms with E-state index >= 15 is 0 Å². The molecule has 3 aromatic carbocycles. The Hall–Kier alpha value is -4.46. The van der Waals surface area contributed by atoms with Gasteiger partial charge in [-0.25, -0.2) is 9.37 Å². The van der Waals surface area contributed by atoms with Gasteiger partial charge >= 0.3 is 5.97 Å². The number of halogens is 1. The van der Waals surface area contributed by atoms with Crippen LogP contribution >= 0.6 is 0 Å². The lowest BCUT2D eigenvalue weighted by molar-refractivity contribution is -0.145. The smallest absolute Gasteiger partial charge is 0.310 e. The van der Waals surface area contributed by atoms with E-state index in [4.69, 9.17) is 18.9 Å². The van der Waals surface area contributed by atoms with Crippen LogP contribution in [-0.2, 0) is 28.9 Å². The van der Waals surface area contributed by atoms with Crippen LogP contribution in [0.15, 0.2) is 83.3 Å². The van der Waals surface area contributed by atoms with E-state index in [0.717, 1.165) is 35.4 Å². The van der Waals surface area contributed by atoms with E-state index in [2.05, 4.69) is 6.92 Å². The van der Waals surface area contributed by atoms with Gasteiger partial charge < -0.3 is 19.0 Å². The number of hydrogen-bond donors (Lipinski definition) is 1. The molecule has 2 atom stereocenters. The monoisotopic (exact) mass is 571 g/mol. The van der Waals surface area contributed by atoms with Crippen LogP contribution in [0.1, 0.15) is 43.2 Å². The zero-order valence-electron chi connectivity index (χ0n) is 23.6. The molecule has 1 aliphatic rings. The highest BCUT2D eigenvalue weighted by Gasteiger charge is 2.63. The van der Waals surface area contributed by atoms with Crippen molar-refractivity contribution in [1.29, 1.82) is 0 Å². The minimum absolute atomic E-state index is 0.0994. The predicted octanol–water partition coefficient (Wildman–Crippen LogP) is 6.73. The Balaban J connectivity index is 1.12. The van der Waals surface area contributed by atoms with Crippen molar-refractivity contribution in [2.24, 2.45) is 11.3 Å². The maximum absolute atomic E-state index is 13.0. The first-order valence-electron chi connectivity index (χ1n) is 14.3. The van der Waals surface area contributed by atoms with Crippen LogP contribution in [0.25, 0.3) is 11.5 Å². The summed E-state index contributed by atoms with van der Waals surface area (Å²) in [6, 6.07) is 22.7. The van der Waals surface area contributed by atoms with Gasteiger partial charge in [0.05, 0.1) is 24.3 Å².